The largest absolute Gasteiger partial charge is 0.502 e. The Morgan fingerprint density at radius 3 is 2.16 bits per heavy atom. The van der Waals surface area contributed by atoms with Crippen molar-refractivity contribution in [2.24, 2.45) is 5.92 Å². The van der Waals surface area contributed by atoms with Crippen molar-refractivity contribution in [3.05, 3.63) is 114 Å². The monoisotopic (exact) mass is 972 g/mol. The van der Waals surface area contributed by atoms with Crippen LogP contribution in [-0.2, 0) is 30.3 Å². The predicted molar refractivity (Wildman–Crippen MR) is 284 cm³/mol. The molecule has 0 aliphatic carbocycles. The first kappa shape index (κ1) is 59.3. The number of urea groups is 1. The van der Waals surface area contributed by atoms with Crippen molar-refractivity contribution in [3.8, 4) is 0 Å². The van der Waals surface area contributed by atoms with Gasteiger partial charge in [0.2, 0.25) is 23.6 Å². The molecular formula is C54H81N7O7S. The summed E-state index contributed by atoms with van der Waals surface area (Å²) in [6.07, 6.45) is 6.09. The fourth-order valence-electron chi connectivity index (χ4n) is 7.65. The number of nitrogens with zero attached hydrogens (tertiary/aromatic N) is 1. The van der Waals surface area contributed by atoms with Crippen molar-refractivity contribution >= 4 is 58.5 Å². The molecule has 6 rings (SSSR count). The summed E-state index contributed by atoms with van der Waals surface area (Å²) in [5.41, 5.74) is 10.5. The Labute approximate surface area is 416 Å². The standard InChI is InChI=1S/C38H47N5O5.C6H10N2OS.C5H10O.C3H8.C2H6/c1-25(2)23-34-32(20-21-35(45)28-9-5-4-6-10-28)38(48)43(34)31-18-16-30(17-19-31)42-36(46)11-7-8-22-40-37(47)33(41-26(3)44)24-27-12-14-29(39)15-13-27;1-3-5-4(2-10-3)7-6(9)8-5;1-4-5(2)6-3;1-3-2;1-2/h4-6,9-10,12-19,32-35,45H,1,7-8,11,20-24,39H2,2-3H3,(H,40,47)(H,41,44)(H,42,46);3-5H,2H2,1H3,(H2,7,8,9);4H,1-3H3;3H2,1-2H3;1-2H3/b;;5-4+;;. The zero-order valence-corrected chi connectivity index (χ0v) is 43.5. The van der Waals surface area contributed by atoms with Crippen LogP contribution in [0.15, 0.2) is 103 Å². The highest BCUT2D eigenvalue weighted by Gasteiger charge is 2.47. The molecule has 0 saturated carbocycles. The van der Waals surface area contributed by atoms with Gasteiger partial charge in [0.15, 0.2) is 0 Å². The summed E-state index contributed by atoms with van der Waals surface area (Å²) < 4.78 is 4.76. The number of benzene rings is 3. The van der Waals surface area contributed by atoms with Crippen molar-refractivity contribution in [2.75, 3.05) is 35.4 Å². The summed E-state index contributed by atoms with van der Waals surface area (Å²) in [5, 5.41) is 25.4. The molecule has 0 bridgehead atoms. The second kappa shape index (κ2) is 32.1. The second-order valence-electron chi connectivity index (χ2n) is 17.2. The second-order valence-corrected chi connectivity index (χ2v) is 18.6. The quantitative estimate of drug-likeness (QED) is 0.0162. The summed E-state index contributed by atoms with van der Waals surface area (Å²) in [4.78, 5) is 62.8. The van der Waals surface area contributed by atoms with Crippen molar-refractivity contribution < 1.29 is 33.8 Å². The van der Waals surface area contributed by atoms with Crippen LogP contribution >= 0.6 is 11.8 Å². The molecule has 3 heterocycles. The molecule has 8 N–H and O–H groups in total. The lowest BCUT2D eigenvalue weighted by molar-refractivity contribution is -0.130. The van der Waals surface area contributed by atoms with E-state index in [4.69, 9.17) is 10.5 Å². The number of nitrogens with two attached hydrogens (primary N) is 1. The van der Waals surface area contributed by atoms with Gasteiger partial charge in [0.05, 0.1) is 43.0 Å². The number of allylic oxidation sites excluding steroid dienone is 2. The van der Waals surface area contributed by atoms with E-state index in [0.717, 1.165) is 33.9 Å². The maximum atomic E-state index is 13.3. The Balaban J connectivity index is 0.000000639. The summed E-state index contributed by atoms with van der Waals surface area (Å²) in [5.74, 6) is 1.14. The van der Waals surface area contributed by atoms with E-state index in [1.54, 1.807) is 36.3 Å². The third-order valence-corrected chi connectivity index (χ3v) is 12.7. The van der Waals surface area contributed by atoms with E-state index in [2.05, 4.69) is 53.9 Å². The molecule has 14 nitrogen and oxygen atoms in total. The summed E-state index contributed by atoms with van der Waals surface area (Å²) >= 11 is 1.91. The van der Waals surface area contributed by atoms with Crippen LogP contribution in [0.25, 0.3) is 0 Å². The topological polar surface area (TPSA) is 204 Å². The number of anilines is 3. The average Bonchev–Trinajstić information content (AvgIpc) is 3.88. The number of unbranched alkanes of at least 4 members (excludes halogenated alkanes) is 1. The van der Waals surface area contributed by atoms with Gasteiger partial charge in [-0.05, 0) is 100 Å². The van der Waals surface area contributed by atoms with Crippen LogP contribution in [-0.4, -0.2) is 83.6 Å². The number of hydrogen-bond acceptors (Lipinski definition) is 9. The average molecular weight is 972 g/mol. The highest BCUT2D eigenvalue weighted by Crippen LogP contribution is 2.40. The molecule has 3 saturated heterocycles. The van der Waals surface area contributed by atoms with Crippen LogP contribution < -0.4 is 37.2 Å². The smallest absolute Gasteiger partial charge is 0.315 e. The Hall–Kier alpha value is -5.80. The van der Waals surface area contributed by atoms with Gasteiger partial charge in [0, 0.05) is 54.4 Å². The molecule has 3 aromatic carbocycles. The highest BCUT2D eigenvalue weighted by molar-refractivity contribution is 8.00. The van der Waals surface area contributed by atoms with E-state index in [1.165, 1.54) is 13.3 Å². The van der Waals surface area contributed by atoms with Crippen LogP contribution in [0.4, 0.5) is 21.9 Å². The lowest BCUT2D eigenvalue weighted by atomic mass is 9.79. The number of β-lactam (4-membered cyclic amide) rings is 1. The van der Waals surface area contributed by atoms with Gasteiger partial charge in [-0.2, -0.15) is 11.8 Å². The van der Waals surface area contributed by atoms with Crippen molar-refractivity contribution in [3.63, 3.8) is 0 Å². The van der Waals surface area contributed by atoms with Crippen LogP contribution in [0, 0.1) is 5.92 Å². The maximum Gasteiger partial charge on any atom is 0.315 e. The molecule has 15 heteroatoms. The molecular weight excluding hydrogens is 891 g/mol. The molecule has 6 amide bonds. The molecule has 7 atom stereocenters. The maximum absolute atomic E-state index is 13.3. The van der Waals surface area contributed by atoms with Crippen molar-refractivity contribution in [2.45, 2.75) is 149 Å². The molecule has 0 radical (unpaired) electrons. The summed E-state index contributed by atoms with van der Waals surface area (Å²) in [6.45, 7) is 22.0. The number of thioether (sulfide) groups is 1. The van der Waals surface area contributed by atoms with E-state index in [0.29, 0.717) is 73.8 Å². The number of aliphatic hydroxyl groups excluding tert-OH is 1. The normalized spacial score (nSPS) is 19.4. The fourth-order valence-corrected chi connectivity index (χ4v) is 8.91. The van der Waals surface area contributed by atoms with Crippen molar-refractivity contribution in [1.82, 2.24) is 21.3 Å². The number of methoxy groups -OCH3 is 1. The van der Waals surface area contributed by atoms with Gasteiger partial charge in [-0.3, -0.25) is 19.2 Å². The number of hydrogen-bond donors (Lipinski definition) is 7. The Morgan fingerprint density at radius 1 is 0.971 bits per heavy atom. The lowest BCUT2D eigenvalue weighted by Crippen LogP contribution is -2.61. The fraction of sp³-hybridized carbons (Fsp3) is 0.500. The van der Waals surface area contributed by atoms with Gasteiger partial charge in [-0.25, -0.2) is 4.79 Å². The number of carbonyl (C=O) groups excluding carboxylic acids is 5. The SMILES string of the molecule is C/C=C(\C)OC.C=C(C)CC1C(CCC(O)c2ccccc2)C(=O)N1c1ccc(NC(=O)CCCCNC(=O)C(Cc2ccc(N)cc2)NC(C)=O)cc1.CC.CC1SCC2NC(=O)NC21.CCC. The van der Waals surface area contributed by atoms with Crippen molar-refractivity contribution in [1.29, 1.82) is 0 Å². The number of nitrogens with one attached hydrogen (secondary N) is 5. The Bertz CT molecular complexity index is 2070. The first-order chi connectivity index (χ1) is 33.0. The van der Waals surface area contributed by atoms with E-state index in [1.807, 2.05) is 107 Å². The first-order valence-corrected chi connectivity index (χ1v) is 25.4. The van der Waals surface area contributed by atoms with Gasteiger partial charge in [0.1, 0.15) is 6.04 Å². The van der Waals surface area contributed by atoms with Gasteiger partial charge < -0.3 is 47.1 Å². The molecule has 0 spiro atoms. The minimum absolute atomic E-state index is 0.00199. The summed E-state index contributed by atoms with van der Waals surface area (Å²) in [6, 6.07) is 23.9. The van der Waals surface area contributed by atoms with Gasteiger partial charge >= 0.3 is 6.03 Å². The number of amides is 6. The predicted octanol–water partition coefficient (Wildman–Crippen LogP) is 9.22. The van der Waals surface area contributed by atoms with Gasteiger partial charge in [0.25, 0.3) is 0 Å². The number of rotatable bonds is 18. The number of ether oxygens (including phenoxy) is 1. The third kappa shape index (κ3) is 20.8. The van der Waals surface area contributed by atoms with Crippen LogP contribution in [0.1, 0.15) is 124 Å². The lowest BCUT2D eigenvalue weighted by Gasteiger charge is -2.48. The first-order valence-electron chi connectivity index (χ1n) is 24.4. The Kier molecular flexibility index (Phi) is 27.6. The van der Waals surface area contributed by atoms with Crippen LogP contribution in [0.3, 0.4) is 0 Å². The molecule has 3 aromatic rings. The van der Waals surface area contributed by atoms with E-state index in [-0.39, 0.29) is 48.0 Å². The van der Waals surface area contributed by atoms with Gasteiger partial charge in [-0.15, -0.1) is 6.58 Å². The number of fused-ring (bicyclic) bond motifs is 1. The minimum Gasteiger partial charge on any atom is -0.502 e. The molecule has 380 valence electrons. The van der Waals surface area contributed by atoms with E-state index < -0.39 is 12.1 Å². The highest BCUT2D eigenvalue weighted by atomic mass is 32.2. The molecule has 0 aromatic heterocycles. The molecule has 69 heavy (non-hydrogen) atoms. The van der Waals surface area contributed by atoms with Crippen LogP contribution in [0.5, 0.6) is 0 Å². The number of nitrogen functional groups attached to an aromatic ring is 1. The zero-order valence-electron chi connectivity index (χ0n) is 42.7. The van der Waals surface area contributed by atoms with Gasteiger partial charge in [-0.1, -0.05) is 95.2 Å². The minimum atomic E-state index is -0.710. The van der Waals surface area contributed by atoms with E-state index >= 15 is 0 Å². The zero-order chi connectivity index (χ0) is 51.5. The van der Waals surface area contributed by atoms with E-state index in [9.17, 15) is 29.1 Å². The summed E-state index contributed by atoms with van der Waals surface area (Å²) in [7, 11) is 1.66. The molecule has 3 aliphatic rings. The number of carbonyl (C=O) groups is 5. The molecule has 7 unspecified atom stereocenters. The third-order valence-electron chi connectivity index (χ3n) is 11.3. The number of aliphatic hydroxyl groups is 1. The molecule has 3 fully saturated rings. The Morgan fingerprint density at radius 2 is 1.61 bits per heavy atom. The molecule has 3 aliphatic heterocycles. The van der Waals surface area contributed by atoms with Crippen LogP contribution in [0.2, 0.25) is 0 Å².